The van der Waals surface area contributed by atoms with Crippen LogP contribution in [0.4, 0.5) is 5.69 Å². The molecule has 3 heteroatoms. The van der Waals surface area contributed by atoms with Gasteiger partial charge in [0, 0.05) is 18.2 Å². The van der Waals surface area contributed by atoms with E-state index in [0.717, 1.165) is 24.1 Å². The molecule has 0 saturated carbocycles. The lowest BCUT2D eigenvalue weighted by Gasteiger charge is -2.15. The highest BCUT2D eigenvalue weighted by Gasteiger charge is 2.11. The largest absolute Gasteiger partial charge is 0.327 e. The summed E-state index contributed by atoms with van der Waals surface area (Å²) in [5, 5.41) is 2.96. The highest BCUT2D eigenvalue weighted by molar-refractivity contribution is 5.91. The summed E-state index contributed by atoms with van der Waals surface area (Å²) in [6, 6.07) is 7.88. The van der Waals surface area contributed by atoms with Crippen LogP contribution in [0.5, 0.6) is 0 Å². The average Bonchev–Trinajstić information content (AvgIpc) is 2.29. The van der Waals surface area contributed by atoms with Gasteiger partial charge in [0.25, 0.3) is 0 Å². The zero-order valence-corrected chi connectivity index (χ0v) is 11.6. The van der Waals surface area contributed by atoms with E-state index in [9.17, 15) is 4.79 Å². The highest BCUT2D eigenvalue weighted by Crippen LogP contribution is 2.23. The number of hydrogen-bond donors (Lipinski definition) is 2. The van der Waals surface area contributed by atoms with E-state index >= 15 is 0 Å². The van der Waals surface area contributed by atoms with Crippen molar-refractivity contribution < 1.29 is 4.79 Å². The van der Waals surface area contributed by atoms with E-state index in [1.165, 1.54) is 0 Å². The predicted octanol–water partition coefficient (Wildman–Crippen LogP) is 3.27. The van der Waals surface area contributed by atoms with Gasteiger partial charge < -0.3 is 11.1 Å². The Kier molecular flexibility index (Phi) is 5.86. The number of carbonyl (C=O) groups excluding carboxylic acids is 1. The van der Waals surface area contributed by atoms with Crippen LogP contribution in [0.1, 0.15) is 51.5 Å². The lowest BCUT2D eigenvalue weighted by atomic mass is 10.0. The van der Waals surface area contributed by atoms with E-state index in [0.29, 0.717) is 12.3 Å². The monoisotopic (exact) mass is 248 g/mol. The Morgan fingerprint density at radius 1 is 1.33 bits per heavy atom. The maximum absolute atomic E-state index is 11.9. The van der Waals surface area contributed by atoms with Gasteiger partial charge in [-0.05, 0) is 24.0 Å². The molecule has 0 aliphatic heterocycles. The minimum Gasteiger partial charge on any atom is -0.327 e. The van der Waals surface area contributed by atoms with Crippen molar-refractivity contribution in [1.29, 1.82) is 0 Å². The van der Waals surface area contributed by atoms with Gasteiger partial charge >= 0.3 is 0 Å². The first-order valence-electron chi connectivity index (χ1n) is 6.69. The van der Waals surface area contributed by atoms with E-state index < -0.39 is 0 Å². The molecular weight excluding hydrogens is 224 g/mol. The zero-order chi connectivity index (χ0) is 13.5. The van der Waals surface area contributed by atoms with Crippen LogP contribution in [0.15, 0.2) is 24.3 Å². The second-order valence-electron chi connectivity index (χ2n) is 5.04. The number of nitrogens with one attached hydrogen (secondary N) is 1. The summed E-state index contributed by atoms with van der Waals surface area (Å²) in [6.45, 7) is 6.31. The van der Waals surface area contributed by atoms with E-state index in [4.69, 9.17) is 5.73 Å². The van der Waals surface area contributed by atoms with Crippen LogP contribution in [0, 0.1) is 0 Å². The third-order valence-corrected chi connectivity index (χ3v) is 2.96. The highest BCUT2D eigenvalue weighted by atomic mass is 16.1. The van der Waals surface area contributed by atoms with Crippen LogP contribution in [0.3, 0.4) is 0 Å². The molecule has 0 radical (unpaired) electrons. The van der Waals surface area contributed by atoms with Crippen LogP contribution in [0.2, 0.25) is 0 Å². The number of amides is 1. The van der Waals surface area contributed by atoms with Crippen LogP contribution in [-0.4, -0.2) is 11.9 Å². The molecule has 0 saturated heterocycles. The van der Waals surface area contributed by atoms with Crippen molar-refractivity contribution in [2.45, 2.75) is 52.0 Å². The molecule has 1 atom stereocenters. The van der Waals surface area contributed by atoms with Gasteiger partial charge in [0.1, 0.15) is 0 Å². The molecule has 1 rings (SSSR count). The van der Waals surface area contributed by atoms with Crippen LogP contribution < -0.4 is 11.1 Å². The summed E-state index contributed by atoms with van der Waals surface area (Å²) in [4.78, 5) is 11.9. The number of benzene rings is 1. The summed E-state index contributed by atoms with van der Waals surface area (Å²) in [6.07, 6.45) is 2.29. The first kappa shape index (κ1) is 14.7. The van der Waals surface area contributed by atoms with Crippen LogP contribution >= 0.6 is 0 Å². The Morgan fingerprint density at radius 3 is 2.61 bits per heavy atom. The topological polar surface area (TPSA) is 55.1 Å². The number of hydrogen-bond acceptors (Lipinski definition) is 2. The van der Waals surface area contributed by atoms with Gasteiger partial charge in [0.05, 0.1) is 0 Å². The fourth-order valence-corrected chi connectivity index (χ4v) is 2.03. The van der Waals surface area contributed by atoms with Gasteiger partial charge in [0.15, 0.2) is 0 Å². The summed E-state index contributed by atoms with van der Waals surface area (Å²) in [5.41, 5.74) is 7.94. The SMILES string of the molecule is CCCC(N)CC(=O)Nc1ccccc1C(C)C. The smallest absolute Gasteiger partial charge is 0.225 e. The summed E-state index contributed by atoms with van der Waals surface area (Å²) in [7, 11) is 0. The summed E-state index contributed by atoms with van der Waals surface area (Å²) in [5.74, 6) is 0.398. The molecule has 0 aliphatic rings. The zero-order valence-electron chi connectivity index (χ0n) is 11.6. The van der Waals surface area contributed by atoms with E-state index in [-0.39, 0.29) is 11.9 Å². The van der Waals surface area contributed by atoms with Crippen molar-refractivity contribution in [3.63, 3.8) is 0 Å². The Labute approximate surface area is 110 Å². The van der Waals surface area contributed by atoms with E-state index in [2.05, 4.69) is 26.1 Å². The Bertz CT molecular complexity index is 388. The minimum absolute atomic E-state index is 0.00375. The maximum atomic E-state index is 11.9. The molecule has 0 heterocycles. The molecule has 0 bridgehead atoms. The molecule has 0 spiro atoms. The minimum atomic E-state index is -0.0405. The lowest BCUT2D eigenvalue weighted by Crippen LogP contribution is -2.27. The first-order valence-corrected chi connectivity index (χ1v) is 6.69. The van der Waals surface area contributed by atoms with E-state index in [1.54, 1.807) is 0 Å². The van der Waals surface area contributed by atoms with Crippen molar-refractivity contribution in [2.75, 3.05) is 5.32 Å². The maximum Gasteiger partial charge on any atom is 0.225 e. The van der Waals surface area contributed by atoms with Gasteiger partial charge in [0.2, 0.25) is 5.91 Å². The Balaban J connectivity index is 2.64. The predicted molar refractivity (Wildman–Crippen MR) is 76.7 cm³/mol. The van der Waals surface area contributed by atoms with Crippen LogP contribution in [0.25, 0.3) is 0 Å². The molecule has 100 valence electrons. The average molecular weight is 248 g/mol. The Morgan fingerprint density at radius 2 is 2.00 bits per heavy atom. The first-order chi connectivity index (χ1) is 8.54. The number of para-hydroxylation sites is 1. The van der Waals surface area contributed by atoms with Crippen molar-refractivity contribution in [3.05, 3.63) is 29.8 Å². The molecule has 0 aromatic heterocycles. The third kappa shape index (κ3) is 4.49. The standard InChI is InChI=1S/C15H24N2O/c1-4-7-12(16)10-15(18)17-14-9-6-5-8-13(14)11(2)3/h5-6,8-9,11-12H,4,7,10,16H2,1-3H3,(H,17,18). The van der Waals surface area contributed by atoms with Crippen molar-refractivity contribution >= 4 is 11.6 Å². The lowest BCUT2D eigenvalue weighted by molar-refractivity contribution is -0.116. The number of anilines is 1. The molecule has 3 N–H and O–H groups in total. The number of carbonyl (C=O) groups is 1. The third-order valence-electron chi connectivity index (χ3n) is 2.96. The van der Waals surface area contributed by atoms with Gasteiger partial charge in [-0.3, -0.25) is 4.79 Å². The molecule has 1 unspecified atom stereocenters. The number of rotatable bonds is 6. The summed E-state index contributed by atoms with van der Waals surface area (Å²) < 4.78 is 0. The quantitative estimate of drug-likeness (QED) is 0.811. The molecule has 1 aromatic carbocycles. The molecular formula is C15H24N2O. The molecule has 3 nitrogen and oxygen atoms in total. The van der Waals surface area contributed by atoms with Gasteiger partial charge in [-0.1, -0.05) is 45.4 Å². The fraction of sp³-hybridized carbons (Fsp3) is 0.533. The summed E-state index contributed by atoms with van der Waals surface area (Å²) >= 11 is 0. The van der Waals surface area contributed by atoms with Gasteiger partial charge in [-0.25, -0.2) is 0 Å². The second kappa shape index (κ2) is 7.17. The van der Waals surface area contributed by atoms with Gasteiger partial charge in [-0.15, -0.1) is 0 Å². The second-order valence-corrected chi connectivity index (χ2v) is 5.04. The van der Waals surface area contributed by atoms with Crippen molar-refractivity contribution in [3.8, 4) is 0 Å². The van der Waals surface area contributed by atoms with Crippen molar-refractivity contribution in [2.24, 2.45) is 5.73 Å². The molecule has 1 aromatic rings. The molecule has 0 fully saturated rings. The number of nitrogens with two attached hydrogens (primary N) is 1. The fourth-order valence-electron chi connectivity index (χ4n) is 2.03. The normalized spacial score (nSPS) is 12.5. The molecule has 18 heavy (non-hydrogen) atoms. The molecule has 1 amide bonds. The van der Waals surface area contributed by atoms with Crippen LogP contribution in [-0.2, 0) is 4.79 Å². The molecule has 0 aliphatic carbocycles. The van der Waals surface area contributed by atoms with Gasteiger partial charge in [-0.2, -0.15) is 0 Å². The Hall–Kier alpha value is -1.35. The van der Waals surface area contributed by atoms with E-state index in [1.807, 2.05) is 24.3 Å². The van der Waals surface area contributed by atoms with Crippen molar-refractivity contribution in [1.82, 2.24) is 0 Å².